The van der Waals surface area contributed by atoms with E-state index in [4.69, 9.17) is 9.72 Å². The van der Waals surface area contributed by atoms with Crippen LogP contribution in [-0.2, 0) is 11.3 Å². The monoisotopic (exact) mass is 272 g/mol. The van der Waals surface area contributed by atoms with Crippen molar-refractivity contribution >= 4 is 16.7 Å². The number of aliphatic hydroxyl groups excluding tert-OH is 1. The molecular formula is C16H20N2O2. The van der Waals surface area contributed by atoms with Crippen molar-refractivity contribution in [2.75, 3.05) is 18.0 Å². The molecule has 3 rings (SSSR count). The van der Waals surface area contributed by atoms with Crippen molar-refractivity contribution in [3.8, 4) is 0 Å². The Labute approximate surface area is 119 Å². The molecule has 0 aliphatic carbocycles. The minimum atomic E-state index is 0.00723. The molecule has 1 aromatic carbocycles. The third kappa shape index (κ3) is 2.49. The largest absolute Gasteiger partial charge is 0.392 e. The van der Waals surface area contributed by atoms with Crippen molar-refractivity contribution in [2.24, 2.45) is 0 Å². The van der Waals surface area contributed by atoms with Crippen molar-refractivity contribution in [1.29, 1.82) is 0 Å². The van der Waals surface area contributed by atoms with Gasteiger partial charge in [-0.2, -0.15) is 0 Å². The van der Waals surface area contributed by atoms with Gasteiger partial charge in [0.2, 0.25) is 0 Å². The maximum Gasteiger partial charge on any atom is 0.135 e. The number of hydrogen-bond donors (Lipinski definition) is 1. The van der Waals surface area contributed by atoms with Crippen LogP contribution in [-0.4, -0.2) is 35.4 Å². The van der Waals surface area contributed by atoms with E-state index >= 15 is 0 Å². The van der Waals surface area contributed by atoms with E-state index in [1.54, 1.807) is 0 Å². The highest BCUT2D eigenvalue weighted by Gasteiger charge is 2.25. The zero-order valence-corrected chi connectivity index (χ0v) is 11.9. The number of nitrogens with zero attached hydrogens (tertiary/aromatic N) is 2. The molecule has 106 valence electrons. The van der Waals surface area contributed by atoms with Gasteiger partial charge in [0.1, 0.15) is 5.82 Å². The first-order chi connectivity index (χ1) is 9.67. The Bertz CT molecular complexity index is 604. The number of benzene rings is 1. The highest BCUT2D eigenvalue weighted by Crippen LogP contribution is 2.26. The molecule has 20 heavy (non-hydrogen) atoms. The first kappa shape index (κ1) is 13.3. The Morgan fingerprint density at radius 3 is 2.65 bits per heavy atom. The predicted molar refractivity (Wildman–Crippen MR) is 79.9 cm³/mol. The smallest absolute Gasteiger partial charge is 0.135 e. The number of morpholine rings is 1. The van der Waals surface area contributed by atoms with Gasteiger partial charge in [-0.3, -0.25) is 0 Å². The number of anilines is 1. The Morgan fingerprint density at radius 2 is 1.95 bits per heavy atom. The molecule has 2 atom stereocenters. The van der Waals surface area contributed by atoms with E-state index in [1.165, 1.54) is 0 Å². The van der Waals surface area contributed by atoms with Gasteiger partial charge in [-0.15, -0.1) is 0 Å². The van der Waals surface area contributed by atoms with Crippen LogP contribution in [0.5, 0.6) is 0 Å². The number of pyridine rings is 1. The lowest BCUT2D eigenvalue weighted by molar-refractivity contribution is -0.00555. The summed E-state index contributed by atoms with van der Waals surface area (Å²) in [6.07, 6.45) is 0.358. The summed E-state index contributed by atoms with van der Waals surface area (Å²) in [5.41, 5.74) is 1.84. The second kappa shape index (κ2) is 5.38. The maximum atomic E-state index is 9.64. The summed E-state index contributed by atoms with van der Waals surface area (Å²) >= 11 is 0. The molecule has 1 aliphatic rings. The summed E-state index contributed by atoms with van der Waals surface area (Å²) in [7, 11) is 0. The maximum absolute atomic E-state index is 9.64. The van der Waals surface area contributed by atoms with E-state index in [9.17, 15) is 5.11 Å². The molecule has 0 amide bonds. The van der Waals surface area contributed by atoms with Crippen LogP contribution in [0, 0.1) is 0 Å². The first-order valence-electron chi connectivity index (χ1n) is 7.07. The molecular weight excluding hydrogens is 252 g/mol. The van der Waals surface area contributed by atoms with Crippen LogP contribution in [0.3, 0.4) is 0 Å². The van der Waals surface area contributed by atoms with E-state index < -0.39 is 0 Å². The average molecular weight is 272 g/mol. The number of ether oxygens (including phenoxy) is 1. The van der Waals surface area contributed by atoms with E-state index in [-0.39, 0.29) is 18.8 Å². The van der Waals surface area contributed by atoms with E-state index in [0.29, 0.717) is 0 Å². The molecule has 1 N–H and O–H groups in total. The lowest BCUT2D eigenvalue weighted by atomic mass is 10.1. The summed E-state index contributed by atoms with van der Waals surface area (Å²) in [4.78, 5) is 6.97. The molecule has 4 nitrogen and oxygen atoms in total. The summed E-state index contributed by atoms with van der Waals surface area (Å²) in [5.74, 6) is 0.883. The van der Waals surface area contributed by atoms with Gasteiger partial charge in [0, 0.05) is 24.0 Å². The molecule has 0 radical (unpaired) electrons. The van der Waals surface area contributed by atoms with Crippen LogP contribution in [0.4, 0.5) is 5.82 Å². The Kier molecular flexibility index (Phi) is 3.59. The number of fused-ring (bicyclic) bond motifs is 1. The second-order valence-electron chi connectivity index (χ2n) is 5.48. The van der Waals surface area contributed by atoms with Gasteiger partial charge in [0.15, 0.2) is 0 Å². The molecule has 0 unspecified atom stereocenters. The summed E-state index contributed by atoms with van der Waals surface area (Å²) in [6, 6.07) is 10.0. The van der Waals surface area contributed by atoms with E-state index in [0.717, 1.165) is 35.4 Å². The molecule has 2 aromatic rings. The fraction of sp³-hybridized carbons (Fsp3) is 0.438. The van der Waals surface area contributed by atoms with Gasteiger partial charge >= 0.3 is 0 Å². The fourth-order valence-electron chi connectivity index (χ4n) is 2.89. The molecule has 1 saturated heterocycles. The predicted octanol–water partition coefficient (Wildman–Crippen LogP) is 2.34. The molecule has 4 heteroatoms. The first-order valence-corrected chi connectivity index (χ1v) is 7.07. The third-order valence-electron chi connectivity index (χ3n) is 3.67. The fourth-order valence-corrected chi connectivity index (χ4v) is 2.89. The number of hydrogen-bond acceptors (Lipinski definition) is 4. The van der Waals surface area contributed by atoms with Gasteiger partial charge in [-0.05, 0) is 26.0 Å². The number of rotatable bonds is 2. The molecule has 0 saturated carbocycles. The van der Waals surface area contributed by atoms with Gasteiger partial charge < -0.3 is 14.7 Å². The lowest BCUT2D eigenvalue weighted by Gasteiger charge is -2.37. The van der Waals surface area contributed by atoms with E-state index in [1.807, 2.05) is 30.3 Å². The Balaban J connectivity index is 2.04. The second-order valence-corrected chi connectivity index (χ2v) is 5.48. The molecule has 2 heterocycles. The van der Waals surface area contributed by atoms with Crippen LogP contribution in [0.1, 0.15) is 19.4 Å². The van der Waals surface area contributed by atoms with Gasteiger partial charge in [0.25, 0.3) is 0 Å². The van der Waals surface area contributed by atoms with Crippen LogP contribution >= 0.6 is 0 Å². The summed E-state index contributed by atoms with van der Waals surface area (Å²) in [5, 5.41) is 10.7. The number of para-hydroxylation sites is 1. The summed E-state index contributed by atoms with van der Waals surface area (Å²) in [6.45, 7) is 5.77. The van der Waals surface area contributed by atoms with E-state index in [2.05, 4.69) is 18.7 Å². The van der Waals surface area contributed by atoms with Gasteiger partial charge in [-0.1, -0.05) is 18.2 Å². The van der Waals surface area contributed by atoms with Crippen LogP contribution in [0.2, 0.25) is 0 Å². The van der Waals surface area contributed by atoms with Gasteiger partial charge in [-0.25, -0.2) is 4.98 Å². The van der Waals surface area contributed by atoms with Crippen molar-refractivity contribution in [3.05, 3.63) is 35.9 Å². The zero-order chi connectivity index (χ0) is 14.1. The van der Waals surface area contributed by atoms with Crippen molar-refractivity contribution in [2.45, 2.75) is 32.7 Å². The van der Waals surface area contributed by atoms with Crippen molar-refractivity contribution < 1.29 is 9.84 Å². The third-order valence-corrected chi connectivity index (χ3v) is 3.67. The average Bonchev–Trinajstić information content (AvgIpc) is 2.44. The molecule has 0 spiro atoms. The standard InChI is InChI=1S/C16H20N2O2/c1-11-8-18(9-12(2)20-11)16-14(10-19)7-13-5-3-4-6-15(13)17-16/h3-7,11-12,19H,8-10H2,1-2H3/t11-,12+. The molecule has 1 fully saturated rings. The minimum Gasteiger partial charge on any atom is -0.392 e. The normalized spacial score (nSPS) is 23.2. The van der Waals surface area contributed by atoms with Crippen LogP contribution in [0.15, 0.2) is 30.3 Å². The number of aromatic nitrogens is 1. The van der Waals surface area contributed by atoms with Gasteiger partial charge in [0.05, 0.1) is 24.3 Å². The molecule has 1 aliphatic heterocycles. The minimum absolute atomic E-state index is 0.00723. The molecule has 0 bridgehead atoms. The Hall–Kier alpha value is -1.65. The van der Waals surface area contributed by atoms with Crippen molar-refractivity contribution in [1.82, 2.24) is 4.98 Å². The van der Waals surface area contributed by atoms with Crippen molar-refractivity contribution in [3.63, 3.8) is 0 Å². The quantitative estimate of drug-likeness (QED) is 0.911. The van der Waals surface area contributed by atoms with Crippen LogP contribution in [0.25, 0.3) is 10.9 Å². The zero-order valence-electron chi connectivity index (χ0n) is 11.9. The summed E-state index contributed by atoms with van der Waals surface area (Å²) < 4.78 is 5.77. The number of aliphatic hydroxyl groups is 1. The highest BCUT2D eigenvalue weighted by atomic mass is 16.5. The molecule has 1 aromatic heterocycles. The SMILES string of the molecule is C[C@@H]1CN(c2nc3ccccc3cc2CO)C[C@H](C)O1. The Morgan fingerprint density at radius 1 is 1.25 bits per heavy atom. The lowest BCUT2D eigenvalue weighted by Crippen LogP contribution is -2.46. The van der Waals surface area contributed by atoms with Crippen LogP contribution < -0.4 is 4.90 Å². The topological polar surface area (TPSA) is 45.6 Å². The highest BCUT2D eigenvalue weighted by molar-refractivity contribution is 5.81.